The summed E-state index contributed by atoms with van der Waals surface area (Å²) in [6.45, 7) is 0. The quantitative estimate of drug-likeness (QED) is 0.347. The SMILES string of the molecule is O=C(O)C1CC(S(=O)(=O)c2ccc(F)cc2)CC(c2ccccc2)(C(C(F)(F)F)C(F)(F)F)C1=O. The van der Waals surface area contributed by atoms with Gasteiger partial charge in [-0.25, -0.2) is 12.8 Å². The number of halogens is 7. The van der Waals surface area contributed by atoms with Crippen LogP contribution in [0, 0.1) is 17.7 Å². The lowest BCUT2D eigenvalue weighted by molar-refractivity contribution is -0.302. The van der Waals surface area contributed by atoms with Crippen molar-refractivity contribution in [1.82, 2.24) is 0 Å². The number of benzene rings is 2. The number of carbonyl (C=O) groups excluding carboxylic acids is 1. The van der Waals surface area contributed by atoms with E-state index in [1.54, 1.807) is 0 Å². The molecule has 5 nitrogen and oxygen atoms in total. The van der Waals surface area contributed by atoms with Gasteiger partial charge < -0.3 is 5.11 Å². The Labute approximate surface area is 194 Å². The molecule has 0 radical (unpaired) electrons. The van der Waals surface area contributed by atoms with Crippen LogP contribution in [0.5, 0.6) is 0 Å². The van der Waals surface area contributed by atoms with E-state index in [0.29, 0.717) is 12.1 Å². The number of hydrogen-bond acceptors (Lipinski definition) is 4. The minimum absolute atomic E-state index is 0.639. The fraction of sp³-hybridized carbons (Fsp3) is 0.364. The summed E-state index contributed by atoms with van der Waals surface area (Å²) in [6.07, 6.45) is -14.7. The van der Waals surface area contributed by atoms with E-state index in [1.165, 1.54) is 6.07 Å². The minimum atomic E-state index is -6.09. The molecule has 1 aliphatic carbocycles. The summed E-state index contributed by atoms with van der Waals surface area (Å²) in [5, 5.41) is 7.41. The molecule has 3 atom stereocenters. The van der Waals surface area contributed by atoms with E-state index >= 15 is 0 Å². The first kappa shape index (κ1) is 26.6. The standard InChI is InChI=1S/C22H17F7O5S/c23-13-6-8-14(9-7-13)35(33,34)15-10-16(18(31)32)17(30)20(11-15,12-4-2-1-3-5-12)19(21(24,25)26)22(27,28)29/h1-9,15-16,19H,10-11H2,(H,31,32). The zero-order valence-electron chi connectivity index (χ0n) is 17.5. The van der Waals surface area contributed by atoms with Crippen molar-refractivity contribution in [1.29, 1.82) is 0 Å². The average molecular weight is 526 g/mol. The van der Waals surface area contributed by atoms with Gasteiger partial charge in [0.25, 0.3) is 0 Å². The Kier molecular flexibility index (Phi) is 6.79. The monoisotopic (exact) mass is 526 g/mol. The lowest BCUT2D eigenvalue weighted by Crippen LogP contribution is -2.62. The number of carboxylic acids is 1. The van der Waals surface area contributed by atoms with Crippen LogP contribution in [0.15, 0.2) is 59.5 Å². The van der Waals surface area contributed by atoms with Crippen LogP contribution in [-0.4, -0.2) is 42.9 Å². The van der Waals surface area contributed by atoms with E-state index < -0.39 is 85.6 Å². The second kappa shape index (κ2) is 8.92. The summed E-state index contributed by atoms with van der Waals surface area (Å²) in [6, 6.07) is 7.91. The van der Waals surface area contributed by atoms with Crippen molar-refractivity contribution in [3.05, 3.63) is 66.0 Å². The number of Topliss-reactive ketones (excluding diaryl/α,β-unsaturated/α-hetero) is 1. The third kappa shape index (κ3) is 4.78. The van der Waals surface area contributed by atoms with Crippen LogP contribution in [0.25, 0.3) is 0 Å². The second-order valence-electron chi connectivity index (χ2n) is 8.17. The fourth-order valence-corrected chi connectivity index (χ4v) is 6.49. The Bertz CT molecular complexity index is 1190. The number of alkyl halides is 6. The topological polar surface area (TPSA) is 88.5 Å². The number of hydrogen-bond donors (Lipinski definition) is 1. The molecule has 3 unspecified atom stereocenters. The van der Waals surface area contributed by atoms with Gasteiger partial charge in [0.05, 0.1) is 15.6 Å². The van der Waals surface area contributed by atoms with Crippen LogP contribution in [0.4, 0.5) is 30.7 Å². The molecule has 1 aliphatic rings. The Morgan fingerprint density at radius 1 is 0.943 bits per heavy atom. The molecule has 0 aliphatic heterocycles. The van der Waals surface area contributed by atoms with E-state index in [0.717, 1.165) is 36.4 Å². The average Bonchev–Trinajstić information content (AvgIpc) is 2.73. The third-order valence-electron chi connectivity index (χ3n) is 6.12. The van der Waals surface area contributed by atoms with Crippen molar-refractivity contribution in [3.63, 3.8) is 0 Å². The van der Waals surface area contributed by atoms with Crippen LogP contribution < -0.4 is 0 Å². The molecule has 0 spiro atoms. The molecule has 1 N–H and O–H groups in total. The summed E-state index contributed by atoms with van der Waals surface area (Å²) in [5.41, 5.74) is -4.41. The summed E-state index contributed by atoms with van der Waals surface area (Å²) in [5.74, 6) is -11.7. The Morgan fingerprint density at radius 2 is 1.46 bits per heavy atom. The van der Waals surface area contributed by atoms with E-state index in [9.17, 15) is 53.8 Å². The smallest absolute Gasteiger partial charge is 0.401 e. The number of carboxylic acid groups (broad SMARTS) is 1. The van der Waals surface area contributed by atoms with Crippen molar-refractivity contribution < 1.29 is 53.8 Å². The van der Waals surface area contributed by atoms with Gasteiger partial charge in [0, 0.05) is 0 Å². The minimum Gasteiger partial charge on any atom is -0.481 e. The second-order valence-corrected chi connectivity index (χ2v) is 10.4. The van der Waals surface area contributed by atoms with Gasteiger partial charge >= 0.3 is 18.3 Å². The lowest BCUT2D eigenvalue weighted by Gasteiger charge is -2.47. The third-order valence-corrected chi connectivity index (χ3v) is 8.29. The van der Waals surface area contributed by atoms with Crippen LogP contribution in [0.1, 0.15) is 18.4 Å². The molecule has 2 aromatic carbocycles. The van der Waals surface area contributed by atoms with E-state index in [2.05, 4.69) is 0 Å². The normalized spacial score (nSPS) is 23.9. The molecule has 2 aromatic rings. The van der Waals surface area contributed by atoms with Crippen molar-refractivity contribution in [2.75, 3.05) is 0 Å². The van der Waals surface area contributed by atoms with Gasteiger partial charge in [-0.3, -0.25) is 9.59 Å². The summed E-state index contributed by atoms with van der Waals surface area (Å²) in [7, 11) is -4.79. The Morgan fingerprint density at radius 3 is 1.91 bits per heavy atom. The van der Waals surface area contributed by atoms with Crippen molar-refractivity contribution in [2.24, 2.45) is 11.8 Å². The number of carbonyl (C=O) groups is 2. The number of aliphatic carboxylic acids is 1. The van der Waals surface area contributed by atoms with Gasteiger partial charge in [-0.1, -0.05) is 30.3 Å². The molecule has 35 heavy (non-hydrogen) atoms. The molecular weight excluding hydrogens is 509 g/mol. The van der Waals surface area contributed by atoms with Crippen LogP contribution in [0.2, 0.25) is 0 Å². The molecule has 13 heteroatoms. The zero-order valence-corrected chi connectivity index (χ0v) is 18.3. The number of ketones is 1. The molecule has 0 aromatic heterocycles. The summed E-state index contributed by atoms with van der Waals surface area (Å²) >= 11 is 0. The van der Waals surface area contributed by atoms with Crippen LogP contribution >= 0.6 is 0 Å². The van der Waals surface area contributed by atoms with E-state index in [1.807, 2.05) is 0 Å². The highest BCUT2D eigenvalue weighted by Crippen LogP contribution is 2.57. The van der Waals surface area contributed by atoms with Crippen molar-refractivity contribution >= 4 is 21.6 Å². The van der Waals surface area contributed by atoms with E-state index in [4.69, 9.17) is 0 Å². The molecule has 1 saturated carbocycles. The summed E-state index contributed by atoms with van der Waals surface area (Å²) in [4.78, 5) is 24.4. The number of rotatable bonds is 5. The first-order chi connectivity index (χ1) is 16.0. The predicted octanol–water partition coefficient (Wildman–Crippen LogP) is 4.71. The maximum absolute atomic E-state index is 14.0. The fourth-order valence-electron chi connectivity index (χ4n) is 4.66. The highest BCUT2D eigenvalue weighted by Gasteiger charge is 2.72. The lowest BCUT2D eigenvalue weighted by atomic mass is 9.58. The van der Waals surface area contributed by atoms with Crippen LogP contribution in [-0.2, 0) is 24.8 Å². The van der Waals surface area contributed by atoms with Gasteiger partial charge in [0.2, 0.25) is 0 Å². The van der Waals surface area contributed by atoms with Crippen molar-refractivity contribution in [2.45, 2.75) is 40.8 Å². The van der Waals surface area contributed by atoms with Gasteiger partial charge in [-0.05, 0) is 42.7 Å². The molecule has 0 bridgehead atoms. The zero-order chi connectivity index (χ0) is 26.4. The molecule has 0 heterocycles. The van der Waals surface area contributed by atoms with Crippen molar-refractivity contribution in [3.8, 4) is 0 Å². The van der Waals surface area contributed by atoms with E-state index in [-0.39, 0.29) is 0 Å². The largest absolute Gasteiger partial charge is 0.481 e. The number of sulfone groups is 1. The molecular formula is C22H17F7O5S. The maximum atomic E-state index is 14.0. The highest BCUT2D eigenvalue weighted by atomic mass is 32.2. The van der Waals surface area contributed by atoms with Crippen LogP contribution in [0.3, 0.4) is 0 Å². The van der Waals surface area contributed by atoms with Gasteiger partial charge in [0.15, 0.2) is 21.5 Å². The molecule has 0 saturated heterocycles. The summed E-state index contributed by atoms with van der Waals surface area (Å²) < 4.78 is 124. The first-order valence-electron chi connectivity index (χ1n) is 9.98. The molecule has 190 valence electrons. The van der Waals surface area contributed by atoms with Gasteiger partial charge in [0.1, 0.15) is 11.7 Å². The first-order valence-corrected chi connectivity index (χ1v) is 11.5. The van der Waals surface area contributed by atoms with Gasteiger partial charge in [-0.15, -0.1) is 0 Å². The predicted molar refractivity (Wildman–Crippen MR) is 106 cm³/mol. The Hall–Kier alpha value is -2.96. The molecule has 3 rings (SSSR count). The molecule has 1 fully saturated rings. The van der Waals surface area contributed by atoms with Gasteiger partial charge in [-0.2, -0.15) is 26.3 Å². The molecule has 0 amide bonds. The maximum Gasteiger partial charge on any atom is 0.401 e. The Balaban J connectivity index is 2.35. The highest BCUT2D eigenvalue weighted by molar-refractivity contribution is 7.92.